The molecule has 7 nitrogen and oxygen atoms in total. The van der Waals surface area contributed by atoms with Crippen LogP contribution in [0, 0.1) is 5.92 Å². The van der Waals surface area contributed by atoms with Crippen molar-refractivity contribution in [3.63, 3.8) is 0 Å². The molecule has 3 N–H and O–H groups in total. The number of aromatic nitrogens is 3. The Labute approximate surface area is 180 Å². The van der Waals surface area contributed by atoms with Crippen molar-refractivity contribution in [3.8, 4) is 0 Å². The minimum absolute atomic E-state index is 0. The fourth-order valence-electron chi connectivity index (χ4n) is 3.98. The van der Waals surface area contributed by atoms with Crippen molar-refractivity contribution in [2.24, 2.45) is 11.7 Å². The molecule has 0 aromatic carbocycles. The van der Waals surface area contributed by atoms with E-state index in [1.165, 1.54) is 10.7 Å². The van der Waals surface area contributed by atoms with Crippen LogP contribution in [0.2, 0.25) is 0 Å². The summed E-state index contributed by atoms with van der Waals surface area (Å²) in [6.07, 6.45) is -1.21. The van der Waals surface area contributed by atoms with Crippen LogP contribution in [0.4, 0.5) is 26.7 Å². The molecule has 1 aliphatic heterocycles. The van der Waals surface area contributed by atoms with Crippen LogP contribution in [-0.4, -0.2) is 50.2 Å². The second-order valence-electron chi connectivity index (χ2n) is 7.98. The van der Waals surface area contributed by atoms with Crippen molar-refractivity contribution in [2.75, 3.05) is 6.54 Å². The molecule has 0 unspecified atom stereocenters. The van der Waals surface area contributed by atoms with Gasteiger partial charge in [-0.2, -0.15) is 18.3 Å². The van der Waals surface area contributed by atoms with Crippen molar-refractivity contribution in [1.82, 2.24) is 24.8 Å². The summed E-state index contributed by atoms with van der Waals surface area (Å²) < 4.78 is 66.6. The quantitative estimate of drug-likeness (QED) is 0.673. The largest absolute Gasteiger partial charge is 0.410 e. The number of nitrogens with one attached hydrogen (secondary N) is 1. The van der Waals surface area contributed by atoms with E-state index in [1.807, 2.05) is 5.32 Å². The third kappa shape index (κ3) is 5.00. The molecule has 4 rings (SSSR count). The number of carbonyl (C=O) groups is 1. The van der Waals surface area contributed by atoms with Crippen LogP contribution in [0.5, 0.6) is 0 Å². The molecule has 2 amide bonds. The molecule has 2 atom stereocenters. The van der Waals surface area contributed by atoms with Crippen molar-refractivity contribution < 1.29 is 26.7 Å². The number of amides is 2. The van der Waals surface area contributed by atoms with Gasteiger partial charge in [-0.1, -0.05) is 0 Å². The van der Waals surface area contributed by atoms with Crippen LogP contribution in [-0.2, 0) is 6.54 Å². The fraction of sp³-hybridized carbons (Fsp3) is 0.611. The van der Waals surface area contributed by atoms with E-state index < -0.39 is 36.8 Å². The van der Waals surface area contributed by atoms with Gasteiger partial charge in [0.1, 0.15) is 6.04 Å². The Bertz CT molecular complexity index is 941. The lowest BCUT2D eigenvalue weighted by Gasteiger charge is -2.31. The van der Waals surface area contributed by atoms with Gasteiger partial charge in [-0.05, 0) is 30.4 Å². The number of urea groups is 1. The molecule has 2 aromatic heterocycles. The smallest absolute Gasteiger partial charge is 0.324 e. The van der Waals surface area contributed by atoms with Gasteiger partial charge < -0.3 is 16.0 Å². The summed E-state index contributed by atoms with van der Waals surface area (Å²) in [7, 11) is 0. The highest BCUT2D eigenvalue weighted by Crippen LogP contribution is 2.40. The molecule has 2 fully saturated rings. The van der Waals surface area contributed by atoms with Gasteiger partial charge in [-0.3, -0.25) is 0 Å². The van der Waals surface area contributed by atoms with Gasteiger partial charge in [-0.15, -0.1) is 12.4 Å². The number of hydrogen-bond donors (Lipinski definition) is 2. The van der Waals surface area contributed by atoms with E-state index in [2.05, 4.69) is 10.1 Å². The van der Waals surface area contributed by atoms with E-state index in [4.69, 9.17) is 5.73 Å². The molecule has 1 aliphatic carbocycles. The van der Waals surface area contributed by atoms with Crippen LogP contribution in [0.1, 0.15) is 43.0 Å². The lowest BCUT2D eigenvalue weighted by molar-refractivity contribution is -0.149. The lowest BCUT2D eigenvalue weighted by Crippen LogP contribution is -2.40. The summed E-state index contributed by atoms with van der Waals surface area (Å²) in [5.41, 5.74) is 7.71. The third-order valence-electron chi connectivity index (χ3n) is 5.76. The first-order valence-corrected chi connectivity index (χ1v) is 9.62. The van der Waals surface area contributed by atoms with Crippen molar-refractivity contribution in [3.05, 3.63) is 29.7 Å². The zero-order valence-corrected chi connectivity index (χ0v) is 17.1. The molecule has 0 radical (unpaired) electrons. The predicted octanol–water partition coefficient (Wildman–Crippen LogP) is 3.43. The Hall–Kier alpha value is -2.21. The number of nitrogens with zero attached hydrogens (tertiary/aromatic N) is 4. The fourth-order valence-corrected chi connectivity index (χ4v) is 3.98. The topological polar surface area (TPSA) is 88.5 Å². The normalized spacial score (nSPS) is 23.0. The van der Waals surface area contributed by atoms with Crippen molar-refractivity contribution in [1.29, 1.82) is 0 Å². The summed E-state index contributed by atoms with van der Waals surface area (Å²) in [5.74, 6) is -2.75. The van der Waals surface area contributed by atoms with Crippen molar-refractivity contribution >= 4 is 24.1 Å². The number of imidazole rings is 1. The van der Waals surface area contributed by atoms with Gasteiger partial charge in [0.05, 0.1) is 30.7 Å². The second kappa shape index (κ2) is 8.38. The SMILES string of the molecule is Cl.N[C@H](c1cn2ncc(CN3C[C@@H](C(F)(F)F)NC3=O)cc2n1)C1CCC(F)(F)CC1. The molecule has 1 saturated carbocycles. The molecular formula is C18H22ClF5N6O. The number of carbonyl (C=O) groups excluding carboxylic acids is 1. The Balaban J connectivity index is 0.00000272. The minimum Gasteiger partial charge on any atom is -0.324 e. The first-order chi connectivity index (χ1) is 14.0. The lowest BCUT2D eigenvalue weighted by atomic mass is 9.81. The van der Waals surface area contributed by atoms with E-state index in [9.17, 15) is 26.7 Å². The standard InChI is InChI=1S/C18H21F5N6O.ClH/c19-17(20)3-1-11(2-4-17)15(24)12-8-29-14(26-12)5-10(6-25-29)7-28-9-13(18(21,22)23)27-16(28)30;/h5-6,8,11,13,15H,1-4,7,9,24H2,(H,27,30);1H/t13-,15-;/m0./s1. The van der Waals surface area contributed by atoms with E-state index in [-0.39, 0.29) is 37.7 Å². The first kappa shape index (κ1) is 23.5. The monoisotopic (exact) mass is 468 g/mol. The maximum atomic E-state index is 13.4. The molecular weight excluding hydrogens is 447 g/mol. The minimum atomic E-state index is -4.51. The second-order valence-corrected chi connectivity index (χ2v) is 7.98. The average Bonchev–Trinajstić information content (AvgIpc) is 3.24. The van der Waals surface area contributed by atoms with Crippen molar-refractivity contribution in [2.45, 2.75) is 56.4 Å². The molecule has 2 aromatic rings. The number of alkyl halides is 5. The number of nitrogens with two attached hydrogens (primary N) is 1. The van der Waals surface area contributed by atoms with E-state index in [0.717, 1.165) is 4.90 Å². The predicted molar refractivity (Wildman–Crippen MR) is 103 cm³/mol. The van der Waals surface area contributed by atoms with E-state index >= 15 is 0 Å². The van der Waals surface area contributed by atoms with Crippen LogP contribution >= 0.6 is 12.4 Å². The number of fused-ring (bicyclic) bond motifs is 1. The Morgan fingerprint density at radius 3 is 2.58 bits per heavy atom. The highest BCUT2D eigenvalue weighted by atomic mass is 35.5. The van der Waals surface area contributed by atoms with Crippen LogP contribution in [0.15, 0.2) is 18.5 Å². The maximum Gasteiger partial charge on any atom is 0.410 e. The summed E-state index contributed by atoms with van der Waals surface area (Å²) >= 11 is 0. The molecule has 31 heavy (non-hydrogen) atoms. The van der Waals surface area contributed by atoms with Gasteiger partial charge in [0, 0.05) is 19.4 Å². The van der Waals surface area contributed by atoms with E-state index in [1.54, 1.807) is 12.3 Å². The van der Waals surface area contributed by atoms with Gasteiger partial charge in [0.25, 0.3) is 0 Å². The molecule has 0 bridgehead atoms. The molecule has 2 aliphatic rings. The summed E-state index contributed by atoms with van der Waals surface area (Å²) in [4.78, 5) is 17.3. The molecule has 13 heteroatoms. The Kier molecular flexibility index (Phi) is 6.34. The van der Waals surface area contributed by atoms with Crippen LogP contribution in [0.3, 0.4) is 0 Å². The molecule has 1 saturated heterocycles. The zero-order valence-electron chi connectivity index (χ0n) is 16.3. The summed E-state index contributed by atoms with van der Waals surface area (Å²) in [6.45, 7) is -0.530. The molecule has 3 heterocycles. The summed E-state index contributed by atoms with van der Waals surface area (Å²) in [5, 5.41) is 6.10. The average molecular weight is 469 g/mol. The first-order valence-electron chi connectivity index (χ1n) is 9.62. The van der Waals surface area contributed by atoms with Gasteiger partial charge in [-0.25, -0.2) is 23.1 Å². The maximum absolute atomic E-state index is 13.4. The Morgan fingerprint density at radius 2 is 1.97 bits per heavy atom. The number of hydrogen-bond acceptors (Lipinski definition) is 4. The molecule has 172 valence electrons. The van der Waals surface area contributed by atoms with Gasteiger partial charge >= 0.3 is 12.2 Å². The van der Waals surface area contributed by atoms with Gasteiger partial charge in [0.2, 0.25) is 5.92 Å². The summed E-state index contributed by atoms with van der Waals surface area (Å²) in [6, 6.07) is -1.59. The van der Waals surface area contributed by atoms with Crippen LogP contribution < -0.4 is 11.1 Å². The van der Waals surface area contributed by atoms with Gasteiger partial charge in [0.15, 0.2) is 5.65 Å². The number of rotatable bonds is 4. The molecule has 0 spiro atoms. The zero-order chi connectivity index (χ0) is 21.7. The highest BCUT2D eigenvalue weighted by Gasteiger charge is 2.46. The third-order valence-corrected chi connectivity index (χ3v) is 5.76. The van der Waals surface area contributed by atoms with Crippen LogP contribution in [0.25, 0.3) is 5.65 Å². The Morgan fingerprint density at radius 1 is 1.29 bits per heavy atom. The highest BCUT2D eigenvalue weighted by molar-refractivity contribution is 5.85. The number of halogens is 6. The van der Waals surface area contributed by atoms with E-state index in [0.29, 0.717) is 29.7 Å².